The Balaban J connectivity index is 2.39. The summed E-state index contributed by atoms with van der Waals surface area (Å²) < 4.78 is 5.20. The van der Waals surface area contributed by atoms with Gasteiger partial charge in [-0.1, -0.05) is 18.2 Å². The summed E-state index contributed by atoms with van der Waals surface area (Å²) in [5.74, 6) is -0.927. The van der Waals surface area contributed by atoms with E-state index < -0.39 is 19.2 Å². The van der Waals surface area contributed by atoms with Crippen molar-refractivity contribution in [2.75, 3.05) is 0 Å². The molecule has 2 rings (SSSR count). The molecule has 0 saturated heterocycles. The molecule has 1 unspecified atom stereocenters. The summed E-state index contributed by atoms with van der Waals surface area (Å²) in [4.78, 5) is 10.6. The first-order valence-electron chi connectivity index (χ1n) is 4.74. The lowest BCUT2D eigenvalue weighted by atomic mass is 9.78. The highest BCUT2D eigenvalue weighted by Crippen LogP contribution is 2.28. The second kappa shape index (κ2) is 3.68. The molecule has 0 fully saturated rings. The summed E-state index contributed by atoms with van der Waals surface area (Å²) >= 11 is 0. The first-order chi connectivity index (χ1) is 7.09. The first kappa shape index (κ1) is 10.2. The number of hydrogen-bond donors (Lipinski definition) is 2. The van der Waals surface area contributed by atoms with Gasteiger partial charge < -0.3 is 14.8 Å². The zero-order chi connectivity index (χ0) is 11.0. The zero-order valence-corrected chi connectivity index (χ0v) is 8.30. The Labute approximate surface area is 87.6 Å². The van der Waals surface area contributed by atoms with Crippen molar-refractivity contribution in [2.24, 2.45) is 0 Å². The summed E-state index contributed by atoms with van der Waals surface area (Å²) in [5, 5.41) is 18.3. The number of carbonyl (C=O) groups is 1. The molecule has 0 bridgehead atoms. The van der Waals surface area contributed by atoms with Crippen molar-refractivity contribution in [1.29, 1.82) is 0 Å². The Morgan fingerprint density at radius 1 is 1.60 bits per heavy atom. The Morgan fingerprint density at radius 2 is 2.33 bits per heavy atom. The Morgan fingerprint density at radius 3 is 3.00 bits per heavy atom. The van der Waals surface area contributed by atoms with E-state index in [1.54, 1.807) is 6.07 Å². The molecule has 0 aromatic heterocycles. The first-order valence-corrected chi connectivity index (χ1v) is 4.74. The summed E-state index contributed by atoms with van der Waals surface area (Å²) in [6, 6.07) is 5.47. The van der Waals surface area contributed by atoms with Crippen LogP contribution in [0.2, 0.25) is 0 Å². The van der Waals surface area contributed by atoms with Crippen molar-refractivity contribution in [3.8, 4) is 0 Å². The zero-order valence-electron chi connectivity index (χ0n) is 8.30. The maximum atomic E-state index is 10.6. The molecule has 15 heavy (non-hydrogen) atoms. The average molecular weight is 206 g/mol. The van der Waals surface area contributed by atoms with Crippen molar-refractivity contribution < 1.29 is 19.6 Å². The van der Waals surface area contributed by atoms with Crippen LogP contribution in [0, 0.1) is 6.92 Å². The SMILES string of the molecule is Cc1cccc2c1C(CC(=O)O)OB2O. The van der Waals surface area contributed by atoms with E-state index in [9.17, 15) is 9.82 Å². The van der Waals surface area contributed by atoms with Gasteiger partial charge in [-0.05, 0) is 23.5 Å². The van der Waals surface area contributed by atoms with E-state index in [-0.39, 0.29) is 6.42 Å². The van der Waals surface area contributed by atoms with Gasteiger partial charge in [0.05, 0.1) is 12.5 Å². The normalized spacial score (nSPS) is 19.1. The minimum atomic E-state index is -0.996. The van der Waals surface area contributed by atoms with Crippen molar-refractivity contribution in [2.45, 2.75) is 19.4 Å². The standard InChI is InChI=1S/C10H11BO4/c1-6-3-2-4-7-10(6)8(5-9(12)13)15-11(7)14/h2-4,8,14H,5H2,1H3,(H,12,13). The van der Waals surface area contributed by atoms with Gasteiger partial charge in [-0.2, -0.15) is 0 Å². The third-order valence-electron chi connectivity index (χ3n) is 2.60. The van der Waals surface area contributed by atoms with Gasteiger partial charge in [0.2, 0.25) is 0 Å². The van der Waals surface area contributed by atoms with E-state index in [1.165, 1.54) is 0 Å². The lowest BCUT2D eigenvalue weighted by Crippen LogP contribution is -2.28. The van der Waals surface area contributed by atoms with E-state index in [2.05, 4.69) is 0 Å². The number of carboxylic acids is 1. The number of rotatable bonds is 2. The molecule has 1 atom stereocenters. The predicted molar refractivity (Wildman–Crippen MR) is 54.9 cm³/mol. The van der Waals surface area contributed by atoms with Crippen molar-refractivity contribution in [3.05, 3.63) is 29.3 Å². The molecule has 1 aromatic carbocycles. The van der Waals surface area contributed by atoms with Gasteiger partial charge in [-0.15, -0.1) is 0 Å². The largest absolute Gasteiger partial charge is 0.492 e. The number of benzene rings is 1. The number of hydrogen-bond acceptors (Lipinski definition) is 3. The van der Waals surface area contributed by atoms with Crippen molar-refractivity contribution in [3.63, 3.8) is 0 Å². The van der Waals surface area contributed by atoms with Gasteiger partial charge in [0.15, 0.2) is 0 Å². The predicted octanol–water partition coefficient (Wildman–Crippen LogP) is 0.229. The fourth-order valence-corrected chi connectivity index (χ4v) is 1.96. The van der Waals surface area contributed by atoms with E-state index in [0.29, 0.717) is 5.46 Å². The van der Waals surface area contributed by atoms with E-state index in [0.717, 1.165) is 11.1 Å². The van der Waals surface area contributed by atoms with E-state index >= 15 is 0 Å². The van der Waals surface area contributed by atoms with Gasteiger partial charge in [0, 0.05) is 0 Å². The van der Waals surface area contributed by atoms with Crippen LogP contribution < -0.4 is 5.46 Å². The van der Waals surface area contributed by atoms with E-state index in [1.807, 2.05) is 19.1 Å². The van der Waals surface area contributed by atoms with Crippen LogP contribution >= 0.6 is 0 Å². The molecular formula is C10H11BO4. The summed E-state index contributed by atoms with van der Waals surface area (Å²) in [7, 11) is -0.996. The van der Waals surface area contributed by atoms with Gasteiger partial charge in [-0.25, -0.2) is 0 Å². The molecule has 0 radical (unpaired) electrons. The topological polar surface area (TPSA) is 66.8 Å². The van der Waals surface area contributed by atoms with Crippen molar-refractivity contribution in [1.82, 2.24) is 0 Å². The van der Waals surface area contributed by atoms with Gasteiger partial charge >= 0.3 is 13.1 Å². The van der Waals surface area contributed by atoms with Gasteiger partial charge in [-0.3, -0.25) is 4.79 Å². The Kier molecular flexibility index (Phi) is 2.50. The maximum absolute atomic E-state index is 10.6. The molecule has 1 aromatic rings. The summed E-state index contributed by atoms with van der Waals surface area (Å²) in [6.45, 7) is 1.88. The highest BCUT2D eigenvalue weighted by molar-refractivity contribution is 6.61. The number of aryl methyl sites for hydroxylation is 1. The molecule has 78 valence electrons. The second-order valence-corrected chi connectivity index (χ2v) is 3.65. The molecule has 0 saturated carbocycles. The summed E-state index contributed by atoms with van der Waals surface area (Å²) in [6.07, 6.45) is -0.650. The van der Waals surface area contributed by atoms with Crippen LogP contribution in [0.5, 0.6) is 0 Å². The molecule has 1 heterocycles. The molecule has 4 nitrogen and oxygen atoms in total. The quantitative estimate of drug-likeness (QED) is 0.679. The summed E-state index contributed by atoms with van der Waals surface area (Å²) in [5.41, 5.74) is 2.45. The monoisotopic (exact) mass is 206 g/mol. The minimum Gasteiger partial charge on any atom is -0.481 e. The molecular weight excluding hydrogens is 195 g/mol. The molecule has 5 heteroatoms. The van der Waals surface area contributed by atoms with E-state index in [4.69, 9.17) is 9.76 Å². The smallest absolute Gasteiger partial charge is 0.481 e. The fourth-order valence-electron chi connectivity index (χ4n) is 1.96. The van der Waals surface area contributed by atoms with Crippen LogP contribution in [-0.2, 0) is 9.45 Å². The molecule has 0 amide bonds. The number of carboxylic acid groups (broad SMARTS) is 1. The van der Waals surface area contributed by atoms with Crippen LogP contribution in [0.25, 0.3) is 0 Å². The van der Waals surface area contributed by atoms with Crippen LogP contribution in [-0.4, -0.2) is 23.2 Å². The van der Waals surface area contributed by atoms with Crippen LogP contribution in [0.3, 0.4) is 0 Å². The second-order valence-electron chi connectivity index (χ2n) is 3.65. The third kappa shape index (κ3) is 1.76. The van der Waals surface area contributed by atoms with Crippen molar-refractivity contribution >= 4 is 18.6 Å². The van der Waals surface area contributed by atoms with Gasteiger partial charge in [0.1, 0.15) is 0 Å². The molecule has 1 aliphatic rings. The third-order valence-corrected chi connectivity index (χ3v) is 2.60. The highest BCUT2D eigenvalue weighted by atomic mass is 16.5. The highest BCUT2D eigenvalue weighted by Gasteiger charge is 2.36. The Hall–Kier alpha value is -1.33. The maximum Gasteiger partial charge on any atom is 0.492 e. The number of fused-ring (bicyclic) bond motifs is 1. The lowest BCUT2D eigenvalue weighted by molar-refractivity contribution is -0.138. The van der Waals surface area contributed by atoms with Crippen LogP contribution in [0.15, 0.2) is 18.2 Å². The van der Waals surface area contributed by atoms with Crippen LogP contribution in [0.4, 0.5) is 0 Å². The average Bonchev–Trinajstić information content (AvgIpc) is 2.44. The fraction of sp³-hybridized carbons (Fsp3) is 0.300. The molecule has 0 aliphatic carbocycles. The van der Waals surface area contributed by atoms with Gasteiger partial charge in [0.25, 0.3) is 0 Å². The molecule has 1 aliphatic heterocycles. The Bertz CT molecular complexity index is 404. The minimum absolute atomic E-state index is 0.116. The molecule has 2 N–H and O–H groups in total. The number of aliphatic carboxylic acids is 1. The molecule has 0 spiro atoms. The van der Waals surface area contributed by atoms with Crippen LogP contribution in [0.1, 0.15) is 23.7 Å². The lowest BCUT2D eigenvalue weighted by Gasteiger charge is -2.11.